The fraction of sp³-hybridized carbons (Fsp3) is 0.176. The molecule has 0 aliphatic carbocycles. The van der Waals surface area contributed by atoms with E-state index in [1.54, 1.807) is 0 Å². The summed E-state index contributed by atoms with van der Waals surface area (Å²) in [7, 11) is 0. The van der Waals surface area contributed by atoms with E-state index in [0.717, 1.165) is 29.1 Å². The molecule has 1 N–H and O–H groups in total. The SMILES string of the molecule is CCOc1ccc2c(n1)NCc1cc3ccccc3nc1-2. The van der Waals surface area contributed by atoms with Crippen molar-refractivity contribution in [2.75, 3.05) is 11.9 Å². The molecule has 21 heavy (non-hydrogen) atoms. The highest BCUT2D eigenvalue weighted by Crippen LogP contribution is 2.35. The zero-order valence-electron chi connectivity index (χ0n) is 11.8. The molecule has 1 aromatic carbocycles. The van der Waals surface area contributed by atoms with Gasteiger partial charge in [-0.05, 0) is 30.7 Å². The van der Waals surface area contributed by atoms with E-state index in [4.69, 9.17) is 9.72 Å². The Labute approximate surface area is 122 Å². The van der Waals surface area contributed by atoms with Gasteiger partial charge in [0.25, 0.3) is 0 Å². The summed E-state index contributed by atoms with van der Waals surface area (Å²) in [5, 5.41) is 4.52. The molecule has 104 valence electrons. The molecule has 4 heteroatoms. The van der Waals surface area contributed by atoms with Crippen LogP contribution in [0.25, 0.3) is 22.2 Å². The van der Waals surface area contributed by atoms with E-state index in [0.29, 0.717) is 12.5 Å². The van der Waals surface area contributed by atoms with Gasteiger partial charge in [0.2, 0.25) is 5.88 Å². The van der Waals surface area contributed by atoms with Crippen LogP contribution in [0.3, 0.4) is 0 Å². The summed E-state index contributed by atoms with van der Waals surface area (Å²) in [6, 6.07) is 14.3. The lowest BCUT2D eigenvalue weighted by Crippen LogP contribution is -2.12. The third-order valence-corrected chi connectivity index (χ3v) is 3.67. The van der Waals surface area contributed by atoms with Crippen molar-refractivity contribution in [3.05, 3.63) is 48.0 Å². The maximum atomic E-state index is 5.46. The van der Waals surface area contributed by atoms with Crippen LogP contribution in [0.5, 0.6) is 5.88 Å². The second-order valence-electron chi connectivity index (χ2n) is 5.02. The van der Waals surface area contributed by atoms with Crippen LogP contribution >= 0.6 is 0 Å². The summed E-state index contributed by atoms with van der Waals surface area (Å²) in [4.78, 5) is 9.32. The van der Waals surface area contributed by atoms with Crippen LogP contribution in [0.4, 0.5) is 5.82 Å². The molecule has 0 spiro atoms. The number of rotatable bonds is 2. The first-order valence-electron chi connectivity index (χ1n) is 7.12. The lowest BCUT2D eigenvalue weighted by molar-refractivity contribution is 0.327. The van der Waals surface area contributed by atoms with Crippen molar-refractivity contribution in [3.8, 4) is 17.1 Å². The quantitative estimate of drug-likeness (QED) is 0.777. The van der Waals surface area contributed by atoms with Crippen molar-refractivity contribution >= 4 is 16.7 Å². The van der Waals surface area contributed by atoms with Crippen molar-refractivity contribution in [3.63, 3.8) is 0 Å². The molecule has 0 amide bonds. The molecular weight excluding hydrogens is 262 g/mol. The molecule has 0 unspecified atom stereocenters. The Morgan fingerprint density at radius 1 is 1.14 bits per heavy atom. The van der Waals surface area contributed by atoms with E-state index in [2.05, 4.69) is 22.4 Å². The van der Waals surface area contributed by atoms with Crippen molar-refractivity contribution in [1.29, 1.82) is 0 Å². The van der Waals surface area contributed by atoms with Crippen molar-refractivity contribution in [1.82, 2.24) is 9.97 Å². The number of hydrogen-bond donors (Lipinski definition) is 1. The lowest BCUT2D eigenvalue weighted by atomic mass is 10.0. The molecule has 3 heterocycles. The van der Waals surface area contributed by atoms with Gasteiger partial charge < -0.3 is 10.1 Å². The largest absolute Gasteiger partial charge is 0.478 e. The summed E-state index contributed by atoms with van der Waals surface area (Å²) in [6.45, 7) is 3.31. The number of benzene rings is 1. The first-order valence-corrected chi connectivity index (χ1v) is 7.12. The van der Waals surface area contributed by atoms with Crippen molar-refractivity contribution in [2.24, 2.45) is 0 Å². The molecular formula is C17H15N3O. The Kier molecular flexibility index (Phi) is 2.74. The summed E-state index contributed by atoms with van der Waals surface area (Å²) >= 11 is 0. The van der Waals surface area contributed by atoms with Crippen LogP contribution in [-0.4, -0.2) is 16.6 Å². The number of para-hydroxylation sites is 1. The van der Waals surface area contributed by atoms with Gasteiger partial charge in [-0.1, -0.05) is 18.2 Å². The van der Waals surface area contributed by atoms with E-state index >= 15 is 0 Å². The third-order valence-electron chi connectivity index (χ3n) is 3.67. The second-order valence-corrected chi connectivity index (χ2v) is 5.02. The maximum Gasteiger partial charge on any atom is 0.215 e. The lowest BCUT2D eigenvalue weighted by Gasteiger charge is -2.20. The molecule has 0 saturated heterocycles. The van der Waals surface area contributed by atoms with Crippen molar-refractivity contribution < 1.29 is 4.74 Å². The minimum atomic E-state index is 0.616. The molecule has 0 fully saturated rings. The molecule has 0 atom stereocenters. The molecule has 0 radical (unpaired) electrons. The normalized spacial score (nSPS) is 12.4. The monoisotopic (exact) mass is 277 g/mol. The van der Waals surface area contributed by atoms with Gasteiger partial charge in [-0.15, -0.1) is 0 Å². The zero-order chi connectivity index (χ0) is 14.2. The van der Waals surface area contributed by atoms with Crippen LogP contribution in [0, 0.1) is 0 Å². The van der Waals surface area contributed by atoms with Crippen LogP contribution < -0.4 is 10.1 Å². The van der Waals surface area contributed by atoms with E-state index < -0.39 is 0 Å². The number of pyridine rings is 2. The van der Waals surface area contributed by atoms with E-state index in [-0.39, 0.29) is 0 Å². The number of aromatic nitrogens is 2. The summed E-state index contributed by atoms with van der Waals surface area (Å²) in [5.41, 5.74) is 4.26. The number of nitrogens with one attached hydrogen (secondary N) is 1. The molecule has 0 bridgehead atoms. The van der Waals surface area contributed by atoms with Gasteiger partial charge in [0.15, 0.2) is 0 Å². The molecule has 4 nitrogen and oxygen atoms in total. The Morgan fingerprint density at radius 2 is 2.05 bits per heavy atom. The second kappa shape index (κ2) is 4.74. The predicted molar refractivity (Wildman–Crippen MR) is 83.5 cm³/mol. The minimum Gasteiger partial charge on any atom is -0.478 e. The van der Waals surface area contributed by atoms with Crippen LogP contribution in [-0.2, 0) is 6.54 Å². The van der Waals surface area contributed by atoms with Gasteiger partial charge in [0.05, 0.1) is 17.8 Å². The van der Waals surface area contributed by atoms with Gasteiger partial charge in [-0.25, -0.2) is 4.98 Å². The fourth-order valence-electron chi connectivity index (χ4n) is 2.70. The number of fused-ring (bicyclic) bond motifs is 4. The van der Waals surface area contributed by atoms with Crippen LogP contribution in [0.1, 0.15) is 12.5 Å². The summed E-state index contributed by atoms with van der Waals surface area (Å²) in [5.74, 6) is 1.49. The Hall–Kier alpha value is -2.62. The van der Waals surface area contributed by atoms with Gasteiger partial charge in [-0.2, -0.15) is 4.98 Å². The minimum absolute atomic E-state index is 0.616. The molecule has 4 rings (SSSR count). The Balaban J connectivity index is 1.89. The average Bonchev–Trinajstić information content (AvgIpc) is 2.53. The van der Waals surface area contributed by atoms with E-state index in [1.165, 1.54) is 10.9 Å². The predicted octanol–water partition coefficient (Wildman–Crippen LogP) is 3.62. The highest BCUT2D eigenvalue weighted by atomic mass is 16.5. The summed E-state index contributed by atoms with van der Waals surface area (Å²) < 4.78 is 5.46. The average molecular weight is 277 g/mol. The Morgan fingerprint density at radius 3 is 2.95 bits per heavy atom. The molecule has 0 saturated carbocycles. The van der Waals surface area contributed by atoms with Gasteiger partial charge in [0.1, 0.15) is 5.82 Å². The molecule has 1 aliphatic rings. The smallest absolute Gasteiger partial charge is 0.215 e. The number of nitrogens with zero attached hydrogens (tertiary/aromatic N) is 2. The van der Waals surface area contributed by atoms with Gasteiger partial charge >= 0.3 is 0 Å². The Bertz CT molecular complexity index is 829. The zero-order valence-corrected chi connectivity index (χ0v) is 11.8. The van der Waals surface area contributed by atoms with E-state index in [1.807, 2.05) is 37.3 Å². The van der Waals surface area contributed by atoms with Crippen LogP contribution in [0.2, 0.25) is 0 Å². The first-order chi connectivity index (χ1) is 10.3. The summed E-state index contributed by atoms with van der Waals surface area (Å²) in [6.07, 6.45) is 0. The number of hydrogen-bond acceptors (Lipinski definition) is 4. The maximum absolute atomic E-state index is 5.46. The molecule has 1 aliphatic heterocycles. The molecule has 2 aromatic heterocycles. The van der Waals surface area contributed by atoms with Crippen molar-refractivity contribution in [2.45, 2.75) is 13.5 Å². The number of ether oxygens (including phenoxy) is 1. The highest BCUT2D eigenvalue weighted by Gasteiger charge is 2.19. The van der Waals surface area contributed by atoms with Gasteiger partial charge in [-0.3, -0.25) is 0 Å². The highest BCUT2D eigenvalue weighted by molar-refractivity contribution is 5.87. The fourth-order valence-corrected chi connectivity index (χ4v) is 2.70. The molecule has 3 aromatic rings. The van der Waals surface area contributed by atoms with E-state index in [9.17, 15) is 0 Å². The first kappa shape index (κ1) is 12.1. The standard InChI is InChI=1S/C17H15N3O/c1-2-21-15-8-7-13-16-12(10-18-17(13)20-15)9-11-5-3-4-6-14(11)19-16/h3-9H,2,10H2,1H3,(H,18,20). The third kappa shape index (κ3) is 2.00. The van der Waals surface area contributed by atoms with Crippen LogP contribution in [0.15, 0.2) is 42.5 Å². The van der Waals surface area contributed by atoms with Gasteiger partial charge in [0, 0.05) is 23.6 Å². The topological polar surface area (TPSA) is 47.0 Å². The number of anilines is 1.